The predicted octanol–water partition coefficient (Wildman–Crippen LogP) is 1.26. The molecule has 0 aliphatic rings. The van der Waals surface area contributed by atoms with Crippen LogP contribution in [0.5, 0.6) is 0 Å². The summed E-state index contributed by atoms with van der Waals surface area (Å²) in [5.74, 6) is 0. The SMILES string of the molecule is CC(S/C=C(\N)P)N(C)C. The van der Waals surface area contributed by atoms with E-state index in [9.17, 15) is 0 Å². The smallest absolute Gasteiger partial charge is 0.0565 e. The third kappa shape index (κ3) is 5.10. The van der Waals surface area contributed by atoms with E-state index in [-0.39, 0.29) is 0 Å². The fourth-order valence-electron chi connectivity index (χ4n) is 0.299. The van der Waals surface area contributed by atoms with Gasteiger partial charge in [-0.3, -0.25) is 4.90 Å². The van der Waals surface area contributed by atoms with Gasteiger partial charge < -0.3 is 5.73 Å². The molecular weight excluding hydrogens is 163 g/mol. The molecule has 0 aliphatic carbocycles. The van der Waals surface area contributed by atoms with E-state index >= 15 is 0 Å². The zero-order valence-corrected chi connectivity index (χ0v) is 8.64. The lowest BCUT2D eigenvalue weighted by Gasteiger charge is -2.16. The zero-order valence-electron chi connectivity index (χ0n) is 6.66. The van der Waals surface area contributed by atoms with Crippen molar-refractivity contribution >= 4 is 21.0 Å². The van der Waals surface area contributed by atoms with Crippen LogP contribution in [0.25, 0.3) is 0 Å². The lowest BCUT2D eigenvalue weighted by molar-refractivity contribution is 0.403. The largest absolute Gasteiger partial charge is 0.398 e. The summed E-state index contributed by atoms with van der Waals surface area (Å²) in [6.07, 6.45) is 0. The van der Waals surface area contributed by atoms with Gasteiger partial charge in [-0.1, -0.05) is 9.24 Å². The molecule has 2 N–H and O–H groups in total. The first-order valence-electron chi connectivity index (χ1n) is 3.07. The van der Waals surface area contributed by atoms with E-state index in [1.807, 2.05) is 19.5 Å². The van der Waals surface area contributed by atoms with E-state index in [1.54, 1.807) is 11.8 Å². The second kappa shape index (κ2) is 5.00. The summed E-state index contributed by atoms with van der Waals surface area (Å²) in [5.41, 5.74) is 6.22. The first-order valence-corrected chi connectivity index (χ1v) is 4.59. The molecule has 10 heavy (non-hydrogen) atoms. The molecular formula is C6H15N2PS. The molecule has 2 atom stereocenters. The Labute approximate surface area is 69.4 Å². The monoisotopic (exact) mass is 178 g/mol. The van der Waals surface area contributed by atoms with Gasteiger partial charge in [0.2, 0.25) is 0 Å². The summed E-state index contributed by atoms with van der Waals surface area (Å²) < 4.78 is 0. The Morgan fingerprint density at radius 1 is 1.70 bits per heavy atom. The maximum absolute atomic E-state index is 5.43. The van der Waals surface area contributed by atoms with Crippen molar-refractivity contribution in [2.24, 2.45) is 5.73 Å². The quantitative estimate of drug-likeness (QED) is 0.521. The van der Waals surface area contributed by atoms with E-state index in [0.717, 1.165) is 5.44 Å². The summed E-state index contributed by atoms with van der Waals surface area (Å²) in [7, 11) is 6.55. The maximum atomic E-state index is 5.43. The van der Waals surface area contributed by atoms with Gasteiger partial charge in [0.15, 0.2) is 0 Å². The Balaban J connectivity index is 3.59. The topological polar surface area (TPSA) is 29.3 Å². The molecule has 0 bridgehead atoms. The minimum atomic E-state index is 0.485. The van der Waals surface area contributed by atoms with Crippen LogP contribution in [0.2, 0.25) is 0 Å². The van der Waals surface area contributed by atoms with Crippen molar-refractivity contribution in [2.75, 3.05) is 14.1 Å². The lowest BCUT2D eigenvalue weighted by atomic mass is 10.7. The van der Waals surface area contributed by atoms with Crippen LogP contribution < -0.4 is 5.73 Å². The maximum Gasteiger partial charge on any atom is 0.0565 e. The van der Waals surface area contributed by atoms with Gasteiger partial charge in [-0.2, -0.15) is 0 Å². The van der Waals surface area contributed by atoms with Crippen molar-refractivity contribution < 1.29 is 0 Å². The molecule has 2 unspecified atom stereocenters. The lowest BCUT2D eigenvalue weighted by Crippen LogP contribution is -2.20. The zero-order chi connectivity index (χ0) is 8.15. The van der Waals surface area contributed by atoms with Crippen LogP contribution >= 0.6 is 21.0 Å². The fraction of sp³-hybridized carbons (Fsp3) is 0.667. The second-order valence-corrected chi connectivity index (χ2v) is 4.17. The second-order valence-electron chi connectivity index (χ2n) is 2.32. The predicted molar refractivity (Wildman–Crippen MR) is 52.7 cm³/mol. The van der Waals surface area contributed by atoms with Crippen molar-refractivity contribution in [1.29, 1.82) is 0 Å². The van der Waals surface area contributed by atoms with Gasteiger partial charge in [0, 0.05) is 5.44 Å². The molecule has 0 heterocycles. The third-order valence-electron chi connectivity index (χ3n) is 1.13. The van der Waals surface area contributed by atoms with Crippen LogP contribution in [0.1, 0.15) is 6.92 Å². The highest BCUT2D eigenvalue weighted by molar-refractivity contribution is 8.02. The third-order valence-corrected chi connectivity index (χ3v) is 2.76. The van der Waals surface area contributed by atoms with Gasteiger partial charge in [0.25, 0.3) is 0 Å². The average molecular weight is 178 g/mol. The van der Waals surface area contributed by atoms with Gasteiger partial charge >= 0.3 is 0 Å². The average Bonchev–Trinajstić information content (AvgIpc) is 1.82. The highest BCUT2D eigenvalue weighted by Crippen LogP contribution is 2.15. The summed E-state index contributed by atoms with van der Waals surface area (Å²) in [4.78, 5) is 2.13. The molecule has 4 heteroatoms. The summed E-state index contributed by atoms with van der Waals surface area (Å²) in [6.45, 7) is 2.13. The van der Waals surface area contributed by atoms with Crippen LogP contribution in [0, 0.1) is 0 Å². The Morgan fingerprint density at radius 3 is 2.50 bits per heavy atom. The van der Waals surface area contributed by atoms with Crippen LogP contribution in [0.15, 0.2) is 10.8 Å². The molecule has 0 radical (unpaired) electrons. The van der Waals surface area contributed by atoms with Gasteiger partial charge in [0.05, 0.1) is 5.37 Å². The van der Waals surface area contributed by atoms with Gasteiger partial charge in [-0.25, -0.2) is 0 Å². The fourth-order valence-corrected chi connectivity index (χ4v) is 1.13. The number of hydrogen-bond acceptors (Lipinski definition) is 3. The van der Waals surface area contributed by atoms with E-state index in [0.29, 0.717) is 5.37 Å². The molecule has 0 saturated carbocycles. The highest BCUT2D eigenvalue weighted by Gasteiger charge is 2.00. The van der Waals surface area contributed by atoms with Crippen molar-refractivity contribution in [1.82, 2.24) is 4.90 Å². The molecule has 0 aromatic carbocycles. The Bertz CT molecular complexity index is 121. The molecule has 0 saturated heterocycles. The molecule has 2 nitrogen and oxygen atoms in total. The first-order chi connectivity index (χ1) is 4.54. The Morgan fingerprint density at radius 2 is 2.20 bits per heavy atom. The summed E-state index contributed by atoms with van der Waals surface area (Å²) in [6, 6.07) is 0. The molecule has 0 aromatic heterocycles. The van der Waals surface area contributed by atoms with Crippen LogP contribution in [-0.4, -0.2) is 24.4 Å². The van der Waals surface area contributed by atoms with Crippen molar-refractivity contribution in [3.8, 4) is 0 Å². The van der Waals surface area contributed by atoms with Crippen molar-refractivity contribution in [3.63, 3.8) is 0 Å². The van der Waals surface area contributed by atoms with Crippen molar-refractivity contribution in [3.05, 3.63) is 10.8 Å². The molecule has 0 aliphatic heterocycles. The molecule has 60 valence electrons. The number of hydrogen-bond donors (Lipinski definition) is 1. The van der Waals surface area contributed by atoms with E-state index in [2.05, 4.69) is 21.1 Å². The summed E-state index contributed by atoms with van der Waals surface area (Å²) >= 11 is 1.71. The molecule has 0 amide bonds. The minimum absolute atomic E-state index is 0.485. The van der Waals surface area contributed by atoms with Crippen LogP contribution in [0.4, 0.5) is 0 Å². The van der Waals surface area contributed by atoms with E-state index < -0.39 is 0 Å². The highest BCUT2D eigenvalue weighted by atomic mass is 32.2. The van der Waals surface area contributed by atoms with Crippen LogP contribution in [0.3, 0.4) is 0 Å². The number of rotatable bonds is 3. The Hall–Kier alpha value is 0.280. The Kier molecular flexibility index (Phi) is 5.14. The number of nitrogens with two attached hydrogens (primary N) is 1. The van der Waals surface area contributed by atoms with Crippen LogP contribution in [-0.2, 0) is 0 Å². The van der Waals surface area contributed by atoms with E-state index in [4.69, 9.17) is 5.73 Å². The van der Waals surface area contributed by atoms with E-state index in [1.165, 1.54) is 0 Å². The summed E-state index contributed by atoms with van der Waals surface area (Å²) in [5, 5.41) is 2.43. The van der Waals surface area contributed by atoms with Gasteiger partial charge in [-0.15, -0.1) is 11.8 Å². The first kappa shape index (κ1) is 10.3. The van der Waals surface area contributed by atoms with Crippen molar-refractivity contribution in [2.45, 2.75) is 12.3 Å². The molecule has 0 spiro atoms. The molecule has 0 fully saturated rings. The van der Waals surface area contributed by atoms with Gasteiger partial charge in [-0.05, 0) is 26.4 Å². The minimum Gasteiger partial charge on any atom is -0.398 e. The standard InChI is InChI=1S/C6H15N2PS/c1-5(8(2)3)10-4-6(7)9/h4-5H,7,9H2,1-3H3/b6-4+. The molecule has 0 rings (SSSR count). The normalized spacial score (nSPS) is 15.9. The number of nitrogens with zero attached hydrogens (tertiary/aromatic N) is 1. The molecule has 0 aromatic rings. The number of thioether (sulfide) groups is 1. The van der Waals surface area contributed by atoms with Gasteiger partial charge in [0.1, 0.15) is 0 Å².